The van der Waals surface area contributed by atoms with Crippen molar-refractivity contribution in [2.75, 3.05) is 26.8 Å². The van der Waals surface area contributed by atoms with E-state index >= 15 is 0 Å². The molecule has 10 heteroatoms. The number of carbonyl (C=O) groups is 3. The van der Waals surface area contributed by atoms with Crippen LogP contribution in [0, 0.1) is 0 Å². The molecule has 1 heterocycles. The van der Waals surface area contributed by atoms with Gasteiger partial charge in [-0.05, 0) is 24.3 Å². The van der Waals surface area contributed by atoms with Gasteiger partial charge in [0.2, 0.25) is 0 Å². The smallest absolute Gasteiger partial charge is 0.287 e. The molecule has 4 N–H and O–H groups in total. The maximum Gasteiger partial charge on any atom is 0.287 e. The third-order valence-corrected chi connectivity index (χ3v) is 3.57. The number of hydrogen-bond donors (Lipinski definition) is 3. The lowest BCUT2D eigenvalue weighted by Gasteiger charge is -2.13. The maximum absolute atomic E-state index is 12.2. The molecule has 1 aromatic heterocycles. The van der Waals surface area contributed by atoms with E-state index in [2.05, 4.69) is 10.6 Å². The minimum atomic E-state index is -0.675. The van der Waals surface area contributed by atoms with E-state index in [1.807, 2.05) is 0 Å². The van der Waals surface area contributed by atoms with Crippen molar-refractivity contribution >= 4 is 29.3 Å². The lowest BCUT2D eigenvalue weighted by molar-refractivity contribution is -0.119. The molecule has 0 atom stereocenters. The highest BCUT2D eigenvalue weighted by atomic mass is 35.5. The van der Waals surface area contributed by atoms with Crippen LogP contribution in [0.15, 0.2) is 34.9 Å². The van der Waals surface area contributed by atoms with Crippen LogP contribution in [0.1, 0.15) is 20.9 Å². The van der Waals surface area contributed by atoms with Crippen molar-refractivity contribution < 1.29 is 28.3 Å². The summed E-state index contributed by atoms with van der Waals surface area (Å²) < 4.78 is 15.3. The van der Waals surface area contributed by atoms with E-state index in [0.717, 1.165) is 0 Å². The summed E-state index contributed by atoms with van der Waals surface area (Å²) >= 11 is 6.10. The first kappa shape index (κ1) is 20.1. The number of hydrogen-bond acceptors (Lipinski definition) is 6. The molecule has 144 valence electrons. The van der Waals surface area contributed by atoms with Crippen LogP contribution in [-0.4, -0.2) is 44.5 Å². The Balaban J connectivity index is 1.92. The standard InChI is InChI=1S/C17H18ClN3O6/c1-25-13-8-10(7-11(18)15(13)27-9-14(19)22)16(23)20-4-5-21-17(24)12-3-2-6-26-12/h2-3,6-8H,4-5,9H2,1H3,(H2,19,22)(H,20,23)(H,21,24). The van der Waals surface area contributed by atoms with Crippen LogP contribution in [0.25, 0.3) is 0 Å². The topological polar surface area (TPSA) is 133 Å². The normalized spacial score (nSPS) is 10.1. The third-order valence-electron chi connectivity index (χ3n) is 3.29. The summed E-state index contributed by atoms with van der Waals surface area (Å²) in [4.78, 5) is 34.8. The number of nitrogens with one attached hydrogen (secondary N) is 2. The van der Waals surface area contributed by atoms with E-state index < -0.39 is 11.8 Å². The highest BCUT2D eigenvalue weighted by Gasteiger charge is 2.16. The van der Waals surface area contributed by atoms with Gasteiger partial charge in [-0.15, -0.1) is 0 Å². The van der Waals surface area contributed by atoms with Crippen molar-refractivity contribution in [3.8, 4) is 11.5 Å². The summed E-state index contributed by atoms with van der Waals surface area (Å²) in [5, 5.41) is 5.32. The van der Waals surface area contributed by atoms with Gasteiger partial charge in [-0.1, -0.05) is 11.6 Å². The number of ether oxygens (including phenoxy) is 2. The van der Waals surface area contributed by atoms with Crippen molar-refractivity contribution in [2.45, 2.75) is 0 Å². The third kappa shape index (κ3) is 5.65. The molecule has 0 fully saturated rings. The second-order valence-electron chi connectivity index (χ2n) is 5.23. The summed E-state index contributed by atoms with van der Waals surface area (Å²) in [6.45, 7) is 0.0120. The SMILES string of the molecule is COc1cc(C(=O)NCCNC(=O)c2ccco2)cc(Cl)c1OCC(N)=O. The second kappa shape index (κ2) is 9.48. The van der Waals surface area contributed by atoms with Crippen molar-refractivity contribution in [2.24, 2.45) is 5.73 Å². The Kier molecular flexibility index (Phi) is 7.07. The number of nitrogens with two attached hydrogens (primary N) is 1. The highest BCUT2D eigenvalue weighted by molar-refractivity contribution is 6.32. The molecule has 0 bridgehead atoms. The van der Waals surface area contributed by atoms with Gasteiger partial charge in [-0.3, -0.25) is 14.4 Å². The lowest BCUT2D eigenvalue weighted by atomic mass is 10.2. The van der Waals surface area contributed by atoms with Gasteiger partial charge in [-0.2, -0.15) is 0 Å². The van der Waals surface area contributed by atoms with Crippen molar-refractivity contribution in [3.05, 3.63) is 46.9 Å². The first-order valence-electron chi connectivity index (χ1n) is 7.81. The molecular weight excluding hydrogens is 378 g/mol. The number of amides is 3. The van der Waals surface area contributed by atoms with Crippen molar-refractivity contribution in [1.82, 2.24) is 10.6 Å². The van der Waals surface area contributed by atoms with Gasteiger partial charge in [-0.25, -0.2) is 0 Å². The predicted octanol–water partition coefficient (Wildman–Crippen LogP) is 0.965. The molecule has 27 heavy (non-hydrogen) atoms. The number of primary amides is 1. The fraction of sp³-hybridized carbons (Fsp3) is 0.235. The Morgan fingerprint density at radius 2 is 1.89 bits per heavy atom. The largest absolute Gasteiger partial charge is 0.493 e. The summed E-state index contributed by atoms with van der Waals surface area (Å²) in [7, 11) is 1.37. The molecule has 0 radical (unpaired) electrons. The molecule has 2 rings (SSSR count). The van der Waals surface area contributed by atoms with Crippen molar-refractivity contribution in [1.29, 1.82) is 0 Å². The number of carbonyl (C=O) groups excluding carboxylic acids is 3. The van der Waals surface area contributed by atoms with Gasteiger partial charge in [0.25, 0.3) is 17.7 Å². The van der Waals surface area contributed by atoms with Crippen LogP contribution >= 0.6 is 11.6 Å². The Hall–Kier alpha value is -3.20. The minimum Gasteiger partial charge on any atom is -0.493 e. The molecule has 0 aliphatic heterocycles. The first-order chi connectivity index (χ1) is 12.9. The number of halogens is 1. The monoisotopic (exact) mass is 395 g/mol. The van der Waals surface area contributed by atoms with Crippen LogP contribution in [-0.2, 0) is 4.79 Å². The minimum absolute atomic E-state index is 0.0897. The van der Waals surface area contributed by atoms with Gasteiger partial charge < -0.3 is 30.3 Å². The zero-order valence-corrected chi connectivity index (χ0v) is 15.2. The van der Waals surface area contributed by atoms with Gasteiger partial charge in [0.15, 0.2) is 23.9 Å². The average molecular weight is 396 g/mol. The average Bonchev–Trinajstić information content (AvgIpc) is 3.17. The molecule has 0 saturated heterocycles. The molecule has 0 unspecified atom stereocenters. The van der Waals surface area contributed by atoms with E-state index in [0.29, 0.717) is 0 Å². The summed E-state index contributed by atoms with van der Waals surface area (Å²) in [6.07, 6.45) is 1.39. The maximum atomic E-state index is 12.2. The zero-order valence-electron chi connectivity index (χ0n) is 14.4. The van der Waals surface area contributed by atoms with E-state index in [1.165, 1.54) is 31.6 Å². The first-order valence-corrected chi connectivity index (χ1v) is 8.18. The molecule has 0 aliphatic carbocycles. The fourth-order valence-electron chi connectivity index (χ4n) is 2.08. The van der Waals surface area contributed by atoms with Crippen LogP contribution < -0.4 is 25.8 Å². The van der Waals surface area contributed by atoms with E-state index in [9.17, 15) is 14.4 Å². The summed E-state index contributed by atoms with van der Waals surface area (Å²) in [5.41, 5.74) is 5.26. The molecular formula is C17H18ClN3O6. The molecule has 2 aromatic rings. The summed E-state index contributed by atoms with van der Waals surface area (Å²) in [6, 6.07) is 5.92. The Labute approximate surface area is 159 Å². The number of benzene rings is 1. The Morgan fingerprint density at radius 1 is 1.19 bits per heavy atom. The zero-order chi connectivity index (χ0) is 19.8. The van der Waals surface area contributed by atoms with Gasteiger partial charge in [0, 0.05) is 18.7 Å². The molecule has 0 spiro atoms. The summed E-state index contributed by atoms with van der Waals surface area (Å²) in [5.74, 6) is -1.00. The fourth-order valence-corrected chi connectivity index (χ4v) is 2.35. The van der Waals surface area contributed by atoms with E-state index in [1.54, 1.807) is 6.07 Å². The second-order valence-corrected chi connectivity index (χ2v) is 5.64. The van der Waals surface area contributed by atoms with Crippen LogP contribution in [0.5, 0.6) is 11.5 Å². The van der Waals surface area contributed by atoms with E-state index in [4.69, 9.17) is 31.2 Å². The Morgan fingerprint density at radius 3 is 2.48 bits per heavy atom. The molecule has 1 aromatic carbocycles. The molecule has 9 nitrogen and oxygen atoms in total. The lowest BCUT2D eigenvalue weighted by Crippen LogP contribution is -2.34. The number of rotatable bonds is 9. The molecule has 0 saturated carbocycles. The Bertz CT molecular complexity index is 822. The van der Waals surface area contributed by atoms with E-state index in [-0.39, 0.29) is 53.4 Å². The van der Waals surface area contributed by atoms with Crippen LogP contribution in [0.2, 0.25) is 5.02 Å². The quantitative estimate of drug-likeness (QED) is 0.542. The van der Waals surface area contributed by atoms with Gasteiger partial charge in [0.1, 0.15) is 0 Å². The van der Waals surface area contributed by atoms with Crippen LogP contribution in [0.4, 0.5) is 0 Å². The molecule has 0 aliphatic rings. The highest BCUT2D eigenvalue weighted by Crippen LogP contribution is 2.36. The predicted molar refractivity (Wildman–Crippen MR) is 96.1 cm³/mol. The number of furan rings is 1. The number of methoxy groups -OCH3 is 1. The van der Waals surface area contributed by atoms with Gasteiger partial charge >= 0.3 is 0 Å². The van der Waals surface area contributed by atoms with Crippen LogP contribution in [0.3, 0.4) is 0 Å². The van der Waals surface area contributed by atoms with Crippen molar-refractivity contribution in [3.63, 3.8) is 0 Å². The van der Waals surface area contributed by atoms with Gasteiger partial charge in [0.05, 0.1) is 18.4 Å². The molecule has 3 amide bonds.